The summed E-state index contributed by atoms with van der Waals surface area (Å²) in [5.41, 5.74) is 2.94. The lowest BCUT2D eigenvalue weighted by Gasteiger charge is -2.21. The number of carboxylic acids is 1. The van der Waals surface area contributed by atoms with Crippen molar-refractivity contribution in [3.05, 3.63) is 120 Å². The van der Waals surface area contributed by atoms with Gasteiger partial charge in [-0.2, -0.15) is 13.2 Å². The van der Waals surface area contributed by atoms with Crippen molar-refractivity contribution in [2.75, 3.05) is 5.75 Å². The molecule has 9 heteroatoms. The molecule has 0 aliphatic rings. The van der Waals surface area contributed by atoms with Gasteiger partial charge in [0.2, 0.25) is 5.76 Å². The van der Waals surface area contributed by atoms with Gasteiger partial charge in [-0.1, -0.05) is 72.8 Å². The summed E-state index contributed by atoms with van der Waals surface area (Å²) in [6.07, 6.45) is -4.54. The third-order valence-electron chi connectivity index (χ3n) is 6.09. The molecule has 1 N–H and O–H groups in total. The van der Waals surface area contributed by atoms with Crippen LogP contribution in [0.2, 0.25) is 0 Å². The molecule has 0 radical (unpaired) electrons. The van der Waals surface area contributed by atoms with Gasteiger partial charge >= 0.3 is 12.1 Å². The largest absolute Gasteiger partial charge is 0.481 e. The molecule has 0 unspecified atom stereocenters. The number of carboxylic acid groups (broad SMARTS) is 1. The van der Waals surface area contributed by atoms with Crippen molar-refractivity contribution in [1.29, 1.82) is 0 Å². The number of nitrogens with zero attached hydrogens (tertiary/aromatic N) is 1. The van der Waals surface area contributed by atoms with Crippen molar-refractivity contribution in [1.82, 2.24) is 4.31 Å². The molecule has 204 valence electrons. The average Bonchev–Trinajstić information content (AvgIpc) is 3.42. The van der Waals surface area contributed by atoms with Crippen LogP contribution in [0.4, 0.5) is 13.2 Å². The summed E-state index contributed by atoms with van der Waals surface area (Å²) >= 11 is 2.74. The SMILES string of the molecule is O=C(O)CSc1cccc(-c2ccc(CN(Cc3ccc(C(F)(F)F)o3)Sc3cccc4ccccc34)cc2)c1. The molecule has 0 aliphatic heterocycles. The van der Waals surface area contributed by atoms with E-state index in [1.807, 2.05) is 95.3 Å². The number of furan rings is 1. The van der Waals surface area contributed by atoms with Crippen molar-refractivity contribution in [3.8, 4) is 11.1 Å². The number of aliphatic carboxylic acids is 1. The summed E-state index contributed by atoms with van der Waals surface area (Å²) in [5, 5.41) is 11.1. The molecule has 0 saturated heterocycles. The molecule has 40 heavy (non-hydrogen) atoms. The Morgan fingerprint density at radius 3 is 2.33 bits per heavy atom. The maximum absolute atomic E-state index is 13.1. The lowest BCUT2D eigenvalue weighted by atomic mass is 10.0. The van der Waals surface area contributed by atoms with E-state index < -0.39 is 17.9 Å². The molecule has 1 aromatic heterocycles. The number of fused-ring (bicyclic) bond motifs is 1. The first kappa shape index (κ1) is 27.9. The molecule has 0 aliphatic carbocycles. The van der Waals surface area contributed by atoms with Crippen LogP contribution in [0.15, 0.2) is 117 Å². The average molecular weight is 580 g/mol. The van der Waals surface area contributed by atoms with Gasteiger partial charge in [-0.15, -0.1) is 11.8 Å². The summed E-state index contributed by atoms with van der Waals surface area (Å²) < 4.78 is 46.6. The third-order valence-corrected chi connectivity index (χ3v) is 8.14. The predicted octanol–water partition coefficient (Wildman–Crippen LogP) is 9.00. The maximum atomic E-state index is 13.1. The highest BCUT2D eigenvalue weighted by atomic mass is 32.2. The molecular weight excluding hydrogens is 555 g/mol. The molecule has 0 amide bonds. The van der Waals surface area contributed by atoms with E-state index in [0.29, 0.717) is 6.54 Å². The zero-order valence-electron chi connectivity index (χ0n) is 21.1. The van der Waals surface area contributed by atoms with E-state index in [4.69, 9.17) is 9.52 Å². The van der Waals surface area contributed by atoms with Gasteiger partial charge in [-0.05, 0) is 69.7 Å². The van der Waals surface area contributed by atoms with Crippen LogP contribution >= 0.6 is 23.7 Å². The highest BCUT2D eigenvalue weighted by Crippen LogP contribution is 2.35. The number of thioether (sulfide) groups is 1. The summed E-state index contributed by atoms with van der Waals surface area (Å²) in [7, 11) is 0. The molecule has 4 nitrogen and oxygen atoms in total. The van der Waals surface area contributed by atoms with Crippen LogP contribution in [0.3, 0.4) is 0 Å². The van der Waals surface area contributed by atoms with Gasteiger partial charge in [-0.25, -0.2) is 4.31 Å². The normalized spacial score (nSPS) is 11.8. The first-order chi connectivity index (χ1) is 19.2. The lowest BCUT2D eigenvalue weighted by Crippen LogP contribution is -2.14. The molecule has 0 fully saturated rings. The van der Waals surface area contributed by atoms with Crippen molar-refractivity contribution in [2.24, 2.45) is 0 Å². The standard InChI is InChI=1S/C31H24F3NO3S2/c32-31(33,34)29-16-15-25(38-29)19-35(40-28-10-4-6-23-5-1-2-9-27(23)28)18-21-11-13-22(14-12-21)24-7-3-8-26(17-24)39-20-30(36)37/h1-17H,18-20H2,(H,36,37). The van der Waals surface area contributed by atoms with E-state index in [2.05, 4.69) is 0 Å². The van der Waals surface area contributed by atoms with Crippen molar-refractivity contribution < 1.29 is 27.5 Å². The summed E-state index contributed by atoms with van der Waals surface area (Å²) in [4.78, 5) is 12.8. The molecule has 0 atom stereocenters. The van der Waals surface area contributed by atoms with E-state index in [9.17, 15) is 18.0 Å². The molecule has 0 bridgehead atoms. The number of alkyl halides is 3. The van der Waals surface area contributed by atoms with Crippen LogP contribution in [0.25, 0.3) is 21.9 Å². The Labute approximate surface area is 237 Å². The van der Waals surface area contributed by atoms with Gasteiger partial charge < -0.3 is 9.52 Å². The number of hydrogen-bond donors (Lipinski definition) is 1. The van der Waals surface area contributed by atoms with Gasteiger partial charge in [0.1, 0.15) is 5.76 Å². The Hall–Kier alpha value is -3.66. The zero-order valence-corrected chi connectivity index (χ0v) is 22.7. The first-order valence-electron chi connectivity index (χ1n) is 12.4. The molecule has 0 saturated carbocycles. The Kier molecular flexibility index (Phi) is 8.54. The van der Waals surface area contributed by atoms with Crippen LogP contribution in [0.1, 0.15) is 17.1 Å². The third kappa shape index (κ3) is 7.10. The number of carbonyl (C=O) groups is 1. The quantitative estimate of drug-likeness (QED) is 0.132. The van der Waals surface area contributed by atoms with Crippen LogP contribution in [0.5, 0.6) is 0 Å². The van der Waals surface area contributed by atoms with Gasteiger partial charge in [0.25, 0.3) is 0 Å². The highest BCUT2D eigenvalue weighted by molar-refractivity contribution is 8.00. The monoisotopic (exact) mass is 579 g/mol. The van der Waals surface area contributed by atoms with Crippen LogP contribution in [-0.2, 0) is 24.1 Å². The molecule has 0 spiro atoms. The first-order valence-corrected chi connectivity index (χ1v) is 14.1. The van der Waals surface area contributed by atoms with Crippen LogP contribution < -0.4 is 0 Å². The Morgan fingerprint density at radius 2 is 1.57 bits per heavy atom. The topological polar surface area (TPSA) is 53.7 Å². The van der Waals surface area contributed by atoms with Crippen molar-refractivity contribution >= 4 is 40.5 Å². The second-order valence-electron chi connectivity index (χ2n) is 9.04. The van der Waals surface area contributed by atoms with Crippen molar-refractivity contribution in [2.45, 2.75) is 29.1 Å². The highest BCUT2D eigenvalue weighted by Gasteiger charge is 2.35. The van der Waals surface area contributed by atoms with Gasteiger partial charge in [0, 0.05) is 16.3 Å². The smallest absolute Gasteiger partial charge is 0.449 e. The van der Waals surface area contributed by atoms with E-state index in [1.54, 1.807) is 0 Å². The summed E-state index contributed by atoms with van der Waals surface area (Å²) in [5.74, 6) is -1.65. The Balaban J connectivity index is 1.38. The number of benzene rings is 4. The van der Waals surface area contributed by atoms with E-state index in [0.717, 1.165) is 43.3 Å². The van der Waals surface area contributed by atoms with E-state index in [-0.39, 0.29) is 18.1 Å². The minimum Gasteiger partial charge on any atom is -0.481 e. The van der Waals surface area contributed by atoms with Gasteiger partial charge in [0.15, 0.2) is 0 Å². The molecular formula is C31H24F3NO3S2. The minimum atomic E-state index is -4.54. The fourth-order valence-corrected chi connectivity index (χ4v) is 6.02. The molecule has 1 heterocycles. The number of halogens is 3. The Morgan fingerprint density at radius 1 is 0.825 bits per heavy atom. The molecule has 5 aromatic rings. The second-order valence-corrected chi connectivity index (χ2v) is 11.2. The van der Waals surface area contributed by atoms with Crippen LogP contribution in [0, 0.1) is 0 Å². The number of hydrogen-bond acceptors (Lipinski definition) is 5. The zero-order chi connectivity index (χ0) is 28.1. The van der Waals surface area contributed by atoms with E-state index in [1.165, 1.54) is 29.8 Å². The second kappa shape index (κ2) is 12.2. The fourth-order valence-electron chi connectivity index (χ4n) is 4.24. The summed E-state index contributed by atoms with van der Waals surface area (Å²) in [6.45, 7) is 0.638. The maximum Gasteiger partial charge on any atom is 0.449 e. The lowest BCUT2D eigenvalue weighted by molar-refractivity contribution is -0.153. The van der Waals surface area contributed by atoms with Gasteiger partial charge in [-0.3, -0.25) is 4.79 Å². The van der Waals surface area contributed by atoms with Crippen LogP contribution in [-0.4, -0.2) is 21.1 Å². The number of rotatable bonds is 10. The molecule has 5 rings (SSSR count). The summed E-state index contributed by atoms with van der Waals surface area (Å²) in [6, 6.07) is 32.0. The fraction of sp³-hybridized carbons (Fsp3) is 0.129. The molecule has 4 aromatic carbocycles. The van der Waals surface area contributed by atoms with E-state index >= 15 is 0 Å². The van der Waals surface area contributed by atoms with Gasteiger partial charge in [0.05, 0.1) is 12.3 Å². The van der Waals surface area contributed by atoms with Crippen molar-refractivity contribution in [3.63, 3.8) is 0 Å². The predicted molar refractivity (Wildman–Crippen MR) is 153 cm³/mol. The Bertz CT molecular complexity index is 1610. The minimum absolute atomic E-state index is 0.00722.